The topological polar surface area (TPSA) is 154 Å². The zero-order valence-corrected chi connectivity index (χ0v) is 25.0. The summed E-state index contributed by atoms with van der Waals surface area (Å²) < 4.78 is 0. The number of piperidine rings is 2. The van der Waals surface area contributed by atoms with Crippen LogP contribution in [0.3, 0.4) is 0 Å². The fourth-order valence-electron chi connectivity index (χ4n) is 7.34. The van der Waals surface area contributed by atoms with Crippen LogP contribution in [-0.2, 0) is 4.79 Å². The van der Waals surface area contributed by atoms with Gasteiger partial charge in [-0.25, -0.2) is 14.8 Å². The Morgan fingerprint density at radius 2 is 1.70 bits per heavy atom. The first-order chi connectivity index (χ1) is 20.8. The molecule has 4 aliphatic rings. The van der Waals surface area contributed by atoms with E-state index < -0.39 is 5.91 Å². The number of anilines is 3. The van der Waals surface area contributed by atoms with Gasteiger partial charge in [0.1, 0.15) is 5.82 Å². The van der Waals surface area contributed by atoms with E-state index in [2.05, 4.69) is 32.2 Å². The van der Waals surface area contributed by atoms with E-state index in [-0.39, 0.29) is 29.6 Å². The number of hydrogen-bond donors (Lipinski definition) is 3. The van der Waals surface area contributed by atoms with Gasteiger partial charge in [0.2, 0.25) is 5.91 Å². The second-order valence-electron chi connectivity index (χ2n) is 12.6. The monoisotopic (exact) mass is 589 g/mol. The van der Waals surface area contributed by atoms with Crippen LogP contribution in [0.15, 0.2) is 30.5 Å². The van der Waals surface area contributed by atoms with Crippen molar-refractivity contribution in [3.8, 4) is 0 Å². The van der Waals surface area contributed by atoms with E-state index in [1.165, 1.54) is 5.56 Å². The van der Waals surface area contributed by atoms with E-state index in [1.54, 1.807) is 11.1 Å². The van der Waals surface area contributed by atoms with E-state index in [4.69, 9.17) is 16.5 Å². The molecule has 1 saturated carbocycles. The van der Waals surface area contributed by atoms with Crippen molar-refractivity contribution in [2.45, 2.75) is 62.9 Å². The number of urea groups is 1. The van der Waals surface area contributed by atoms with Crippen molar-refractivity contribution in [1.82, 2.24) is 24.7 Å². The lowest BCUT2D eigenvalue weighted by atomic mass is 9.88. The minimum absolute atomic E-state index is 0.0305. The van der Waals surface area contributed by atoms with Crippen LogP contribution in [0.1, 0.15) is 66.9 Å². The largest absolute Gasteiger partial charge is 0.369 e. The van der Waals surface area contributed by atoms with Crippen LogP contribution >= 0.6 is 0 Å². The van der Waals surface area contributed by atoms with Crippen molar-refractivity contribution in [3.05, 3.63) is 41.7 Å². The molecule has 0 radical (unpaired) electrons. The van der Waals surface area contributed by atoms with E-state index >= 15 is 0 Å². The number of likely N-dealkylation sites (N-methyl/N-ethyl adjacent to an activating group) is 1. The Kier molecular flexibility index (Phi) is 8.38. The lowest BCUT2D eigenvalue weighted by Crippen LogP contribution is -2.49. The molecular weight excluding hydrogens is 546 g/mol. The number of carbonyl (C=O) groups excluding carboxylic acids is 3. The molecule has 0 bridgehead atoms. The number of primary amides is 2. The fourth-order valence-corrected chi connectivity index (χ4v) is 7.34. The van der Waals surface area contributed by atoms with Gasteiger partial charge in [0.05, 0.1) is 12.2 Å². The Bertz CT molecular complexity index is 1340. The van der Waals surface area contributed by atoms with Crippen LogP contribution in [0.2, 0.25) is 0 Å². The quantitative estimate of drug-likeness (QED) is 0.424. The highest BCUT2D eigenvalue weighted by atomic mass is 16.2. The van der Waals surface area contributed by atoms with Crippen molar-refractivity contribution in [3.63, 3.8) is 0 Å². The van der Waals surface area contributed by atoms with Crippen molar-refractivity contribution in [2.75, 3.05) is 56.5 Å². The highest BCUT2D eigenvalue weighted by Crippen LogP contribution is 2.35. The number of nitrogens with one attached hydrogen (secondary N) is 1. The van der Waals surface area contributed by atoms with Crippen LogP contribution in [0, 0.1) is 5.92 Å². The molecule has 1 aromatic carbocycles. The number of benzene rings is 1. The van der Waals surface area contributed by atoms with Crippen LogP contribution in [0.4, 0.5) is 22.1 Å². The summed E-state index contributed by atoms with van der Waals surface area (Å²) in [5, 5.41) is 3.28. The lowest BCUT2D eigenvalue weighted by Gasteiger charge is -2.37. The van der Waals surface area contributed by atoms with Gasteiger partial charge in [0.25, 0.3) is 5.91 Å². The van der Waals surface area contributed by atoms with Crippen LogP contribution in [0.25, 0.3) is 0 Å². The zero-order valence-electron chi connectivity index (χ0n) is 25.0. The van der Waals surface area contributed by atoms with Crippen LogP contribution < -0.4 is 21.7 Å². The third kappa shape index (κ3) is 6.24. The van der Waals surface area contributed by atoms with Gasteiger partial charge in [0.15, 0.2) is 11.5 Å². The summed E-state index contributed by atoms with van der Waals surface area (Å²) in [4.78, 5) is 53.9. The van der Waals surface area contributed by atoms with Gasteiger partial charge in [-0.2, -0.15) is 0 Å². The molecule has 12 heteroatoms. The summed E-state index contributed by atoms with van der Waals surface area (Å²) in [5.74, 6) is 0.702. The third-order valence-electron chi connectivity index (χ3n) is 9.90. The number of nitrogens with zero attached hydrogens (tertiary/aromatic N) is 6. The molecule has 0 spiro atoms. The zero-order chi connectivity index (χ0) is 30.1. The highest BCUT2D eigenvalue weighted by Gasteiger charge is 2.36. The van der Waals surface area contributed by atoms with Crippen LogP contribution in [-0.4, -0.2) is 101 Å². The molecule has 3 atom stereocenters. The maximum atomic E-state index is 12.6. The molecule has 4 fully saturated rings. The number of amides is 4. The molecule has 4 heterocycles. The van der Waals surface area contributed by atoms with Crippen molar-refractivity contribution in [2.24, 2.45) is 17.4 Å². The smallest absolute Gasteiger partial charge is 0.320 e. The Morgan fingerprint density at radius 3 is 2.35 bits per heavy atom. The highest BCUT2D eigenvalue weighted by molar-refractivity contribution is 5.96. The maximum Gasteiger partial charge on any atom is 0.320 e. The number of hydrogen-bond acceptors (Lipinski definition) is 8. The van der Waals surface area contributed by atoms with Gasteiger partial charge in [-0.3, -0.25) is 9.59 Å². The van der Waals surface area contributed by atoms with E-state index in [0.717, 1.165) is 83.4 Å². The molecular formula is C31H43N9O3. The second-order valence-corrected chi connectivity index (χ2v) is 12.6. The van der Waals surface area contributed by atoms with E-state index in [9.17, 15) is 14.4 Å². The van der Waals surface area contributed by atoms with E-state index in [1.807, 2.05) is 24.1 Å². The predicted molar refractivity (Wildman–Crippen MR) is 164 cm³/mol. The summed E-state index contributed by atoms with van der Waals surface area (Å²) >= 11 is 0. The third-order valence-corrected chi connectivity index (χ3v) is 9.90. The van der Waals surface area contributed by atoms with Gasteiger partial charge in [-0.1, -0.05) is 12.1 Å². The number of carbonyl (C=O) groups is 3. The molecule has 6 rings (SSSR count). The molecule has 3 aliphatic heterocycles. The molecule has 1 aliphatic carbocycles. The average molecular weight is 590 g/mol. The van der Waals surface area contributed by atoms with Gasteiger partial charge >= 0.3 is 6.03 Å². The average Bonchev–Trinajstić information content (AvgIpc) is 3.65. The number of likely N-dealkylation sites (tertiary alicyclic amines) is 1. The summed E-state index contributed by atoms with van der Waals surface area (Å²) in [5.41, 5.74) is 13.4. The normalized spacial score (nSPS) is 25.4. The minimum atomic E-state index is -0.642. The number of nitrogens with two attached hydrogens (primary N) is 2. The van der Waals surface area contributed by atoms with Crippen LogP contribution in [0.5, 0.6) is 0 Å². The SMILES string of the molecule is CN1CCN(C2CCCN(c3cnc(C(N)=O)c(Nc4ccc(C5CCN(C6CCC(C(N)=O)C6)CC5)cc4)n3)C2)C1=O. The van der Waals surface area contributed by atoms with Gasteiger partial charge in [-0.15, -0.1) is 0 Å². The first-order valence-electron chi connectivity index (χ1n) is 15.6. The molecule has 1 aromatic heterocycles. The molecule has 2 aromatic rings. The first-order valence-corrected chi connectivity index (χ1v) is 15.6. The van der Waals surface area contributed by atoms with Gasteiger partial charge < -0.3 is 36.4 Å². The van der Waals surface area contributed by atoms with Gasteiger partial charge in [0, 0.05) is 50.9 Å². The molecule has 12 nitrogen and oxygen atoms in total. The fraction of sp³-hybridized carbons (Fsp3) is 0.581. The van der Waals surface area contributed by atoms with Gasteiger partial charge in [-0.05, 0) is 81.6 Å². The molecule has 230 valence electrons. The van der Waals surface area contributed by atoms with Crippen molar-refractivity contribution >= 4 is 35.2 Å². The molecule has 3 saturated heterocycles. The molecule has 43 heavy (non-hydrogen) atoms. The summed E-state index contributed by atoms with van der Waals surface area (Å²) in [6, 6.07) is 8.98. The number of aromatic nitrogens is 2. The Labute approximate surface area is 252 Å². The molecule has 3 unspecified atom stereocenters. The summed E-state index contributed by atoms with van der Waals surface area (Å²) in [7, 11) is 1.84. The Morgan fingerprint density at radius 1 is 0.930 bits per heavy atom. The minimum Gasteiger partial charge on any atom is -0.369 e. The molecule has 5 N–H and O–H groups in total. The molecule has 4 amide bonds. The van der Waals surface area contributed by atoms with E-state index in [0.29, 0.717) is 30.1 Å². The standard InChI is InChI=1S/C31H43N9O3/c1-37-15-16-40(31(37)43)25-3-2-12-39(19-25)26-18-34-27(29(33)42)30(36-26)35-23-7-4-20(5-8-23)21-10-13-38(14-11-21)24-9-6-22(17-24)28(32)41/h4-5,7-8,18,21-22,24-25H,2-3,6,9-17,19H2,1H3,(H2,32,41)(H2,33,42)(H,35,36). The maximum absolute atomic E-state index is 12.6. The predicted octanol–water partition coefficient (Wildman–Crippen LogP) is 2.49. The first kappa shape index (κ1) is 29.2. The lowest BCUT2D eigenvalue weighted by molar-refractivity contribution is -0.121. The van der Waals surface area contributed by atoms with Crippen molar-refractivity contribution in [1.29, 1.82) is 0 Å². The second kappa shape index (κ2) is 12.4. The summed E-state index contributed by atoms with van der Waals surface area (Å²) in [6.07, 6.45) is 8.52. The van der Waals surface area contributed by atoms with Crippen molar-refractivity contribution < 1.29 is 14.4 Å². The summed E-state index contributed by atoms with van der Waals surface area (Å²) in [6.45, 7) is 5.02. The number of rotatable bonds is 8. The Balaban J connectivity index is 1.09. The Hall–Kier alpha value is -3.93.